The molecule has 3 N–H and O–H groups in total. The van der Waals surface area contributed by atoms with Crippen molar-refractivity contribution in [3.05, 3.63) is 59.2 Å². The number of carbonyl (C=O) groups excluding carboxylic acids is 1. The first-order valence-corrected chi connectivity index (χ1v) is 10.1. The molecule has 0 spiro atoms. The van der Waals surface area contributed by atoms with E-state index in [-0.39, 0.29) is 36.4 Å². The third-order valence-corrected chi connectivity index (χ3v) is 4.59. The summed E-state index contributed by atoms with van der Waals surface area (Å²) >= 11 is 0. The maximum atomic E-state index is 12.0. The maximum absolute atomic E-state index is 12.0. The molecule has 0 saturated carbocycles. The van der Waals surface area contributed by atoms with Gasteiger partial charge in [0.15, 0.2) is 5.96 Å². The molecule has 0 heterocycles. The van der Waals surface area contributed by atoms with Crippen LogP contribution in [-0.2, 0) is 6.54 Å². The third-order valence-electron chi connectivity index (χ3n) is 4.59. The molecular weight excluding hydrogens is 523 g/mol. The van der Waals surface area contributed by atoms with Crippen molar-refractivity contribution in [2.45, 2.75) is 19.6 Å². The number of guanidine groups is 1. The average molecular weight is 556 g/mol. The Morgan fingerprint density at radius 1 is 1.06 bits per heavy atom. The number of aliphatic hydroxyl groups is 1. The number of benzene rings is 2. The minimum absolute atomic E-state index is 0. The van der Waals surface area contributed by atoms with Crippen molar-refractivity contribution in [2.24, 2.45) is 4.99 Å². The number of carbonyl (C=O) groups is 1. The maximum Gasteiger partial charge on any atom is 0.253 e. The summed E-state index contributed by atoms with van der Waals surface area (Å²) in [6.07, 6.45) is -0.774. The van der Waals surface area contributed by atoms with E-state index in [1.807, 2.05) is 19.1 Å². The number of nitrogens with one attached hydrogen (secondary N) is 2. The van der Waals surface area contributed by atoms with Gasteiger partial charge in [-0.3, -0.25) is 4.79 Å². The first-order chi connectivity index (χ1) is 14.9. The summed E-state index contributed by atoms with van der Waals surface area (Å²) in [5.41, 5.74) is 2.30. The first kappa shape index (κ1) is 27.5. The molecule has 0 aliphatic heterocycles. The van der Waals surface area contributed by atoms with Gasteiger partial charge in [-0.15, -0.1) is 24.0 Å². The van der Waals surface area contributed by atoms with Crippen LogP contribution >= 0.6 is 24.0 Å². The van der Waals surface area contributed by atoms with E-state index in [1.165, 1.54) is 0 Å². The van der Waals surface area contributed by atoms with Gasteiger partial charge in [0.05, 0.1) is 26.9 Å². The zero-order valence-electron chi connectivity index (χ0n) is 19.2. The zero-order valence-corrected chi connectivity index (χ0v) is 21.5. The summed E-state index contributed by atoms with van der Waals surface area (Å²) in [6.45, 7) is 3.36. The van der Waals surface area contributed by atoms with Crippen molar-refractivity contribution in [3.8, 4) is 11.5 Å². The summed E-state index contributed by atoms with van der Waals surface area (Å²) < 4.78 is 10.5. The van der Waals surface area contributed by atoms with Crippen LogP contribution in [-0.4, -0.2) is 63.3 Å². The Hall–Kier alpha value is -2.53. The Kier molecular flexibility index (Phi) is 11.9. The molecule has 2 aromatic carbocycles. The highest BCUT2D eigenvalue weighted by Gasteiger charge is 2.12. The van der Waals surface area contributed by atoms with E-state index in [2.05, 4.69) is 15.6 Å². The molecule has 8 nitrogen and oxygen atoms in total. The number of halogens is 1. The predicted molar refractivity (Wildman–Crippen MR) is 137 cm³/mol. The van der Waals surface area contributed by atoms with Gasteiger partial charge < -0.3 is 30.1 Å². The van der Waals surface area contributed by atoms with E-state index in [9.17, 15) is 9.90 Å². The summed E-state index contributed by atoms with van der Waals surface area (Å²) in [6, 6.07) is 12.7. The van der Waals surface area contributed by atoms with Gasteiger partial charge in [-0.1, -0.05) is 12.1 Å². The van der Waals surface area contributed by atoms with Crippen LogP contribution in [0.5, 0.6) is 11.5 Å². The second-order valence-corrected chi connectivity index (χ2v) is 7.13. The Bertz CT molecular complexity index is 866. The molecule has 0 saturated heterocycles. The third kappa shape index (κ3) is 8.19. The fourth-order valence-corrected chi connectivity index (χ4v) is 2.86. The predicted octanol–water partition coefficient (Wildman–Crippen LogP) is 2.81. The number of nitrogens with zero attached hydrogens (tertiary/aromatic N) is 2. The van der Waals surface area contributed by atoms with Crippen LogP contribution in [0.25, 0.3) is 0 Å². The van der Waals surface area contributed by atoms with Crippen LogP contribution in [0, 0.1) is 0 Å². The summed E-state index contributed by atoms with van der Waals surface area (Å²) in [4.78, 5) is 18.1. The topological polar surface area (TPSA) is 95.4 Å². The molecule has 1 atom stereocenters. The lowest BCUT2D eigenvalue weighted by atomic mass is 10.1. The Morgan fingerprint density at radius 2 is 1.66 bits per heavy atom. The molecule has 1 amide bonds. The number of hydrogen-bond acceptors (Lipinski definition) is 5. The second kappa shape index (κ2) is 13.8. The average Bonchev–Trinajstić information content (AvgIpc) is 2.79. The van der Waals surface area contributed by atoms with Crippen LogP contribution in [0.2, 0.25) is 0 Å². The molecule has 2 rings (SSSR count). The highest BCUT2D eigenvalue weighted by Crippen LogP contribution is 2.26. The van der Waals surface area contributed by atoms with Gasteiger partial charge >= 0.3 is 0 Å². The van der Waals surface area contributed by atoms with Crippen molar-refractivity contribution in [1.29, 1.82) is 0 Å². The van der Waals surface area contributed by atoms with Crippen molar-refractivity contribution in [3.63, 3.8) is 0 Å². The number of aliphatic imine (C=N–C) groups is 1. The largest absolute Gasteiger partial charge is 0.497 e. The minimum Gasteiger partial charge on any atom is -0.497 e. The zero-order chi connectivity index (χ0) is 22.8. The van der Waals surface area contributed by atoms with Gasteiger partial charge in [0, 0.05) is 38.8 Å². The van der Waals surface area contributed by atoms with Crippen LogP contribution in [0.15, 0.2) is 47.5 Å². The molecule has 9 heteroatoms. The molecule has 0 aliphatic rings. The smallest absolute Gasteiger partial charge is 0.253 e. The number of rotatable bonds is 9. The van der Waals surface area contributed by atoms with Crippen LogP contribution in [0.3, 0.4) is 0 Å². The number of amides is 1. The van der Waals surface area contributed by atoms with Crippen LogP contribution in [0.1, 0.15) is 34.5 Å². The fraction of sp³-hybridized carbons (Fsp3) is 0.391. The van der Waals surface area contributed by atoms with Crippen molar-refractivity contribution in [2.75, 3.05) is 41.4 Å². The Morgan fingerprint density at radius 3 is 2.16 bits per heavy atom. The molecule has 0 radical (unpaired) electrons. The van der Waals surface area contributed by atoms with Gasteiger partial charge in [-0.25, -0.2) is 4.99 Å². The fourth-order valence-electron chi connectivity index (χ4n) is 2.86. The van der Waals surface area contributed by atoms with E-state index in [4.69, 9.17) is 9.47 Å². The SMILES string of the molecule is CCNC(=NCc1ccc(C(=O)N(C)C)cc1)NCC(O)c1cc(OC)cc(OC)c1.I. The Labute approximate surface area is 207 Å². The Balaban J connectivity index is 0.00000512. The molecule has 0 fully saturated rings. The van der Waals surface area contributed by atoms with E-state index in [1.54, 1.807) is 63.5 Å². The lowest BCUT2D eigenvalue weighted by molar-refractivity contribution is 0.0827. The molecular formula is C23H33IN4O4. The van der Waals surface area contributed by atoms with Gasteiger partial charge in [-0.05, 0) is 42.3 Å². The van der Waals surface area contributed by atoms with Gasteiger partial charge in [0.2, 0.25) is 0 Å². The summed E-state index contributed by atoms with van der Waals surface area (Å²) in [5, 5.41) is 16.9. The minimum atomic E-state index is -0.774. The molecule has 0 aliphatic carbocycles. The van der Waals surface area contributed by atoms with E-state index in [0.717, 1.165) is 5.56 Å². The number of aliphatic hydroxyl groups excluding tert-OH is 1. The number of ether oxygens (including phenoxy) is 2. The lowest BCUT2D eigenvalue weighted by Gasteiger charge is -2.17. The monoisotopic (exact) mass is 556 g/mol. The van der Waals surface area contributed by atoms with E-state index >= 15 is 0 Å². The molecule has 0 aromatic heterocycles. The molecule has 176 valence electrons. The van der Waals surface area contributed by atoms with Gasteiger partial charge in [0.25, 0.3) is 5.91 Å². The first-order valence-electron chi connectivity index (χ1n) is 10.1. The lowest BCUT2D eigenvalue weighted by Crippen LogP contribution is -2.39. The summed E-state index contributed by atoms with van der Waals surface area (Å²) in [5.74, 6) is 1.79. The van der Waals surface area contributed by atoms with E-state index < -0.39 is 6.10 Å². The summed E-state index contributed by atoms with van der Waals surface area (Å²) in [7, 11) is 6.60. The van der Waals surface area contributed by atoms with Gasteiger partial charge in [-0.2, -0.15) is 0 Å². The van der Waals surface area contributed by atoms with Crippen molar-refractivity contribution >= 4 is 35.8 Å². The molecule has 2 aromatic rings. The highest BCUT2D eigenvalue weighted by molar-refractivity contribution is 14.0. The molecule has 1 unspecified atom stereocenters. The van der Waals surface area contributed by atoms with Crippen molar-refractivity contribution in [1.82, 2.24) is 15.5 Å². The normalized spacial score (nSPS) is 11.8. The standard InChI is InChI=1S/C23H32N4O4.HI/c1-6-24-23(25-14-16-7-9-17(10-8-16)22(29)27(2)3)26-15-21(28)18-11-19(30-4)13-20(12-18)31-5;/h7-13,21,28H,6,14-15H2,1-5H3,(H2,24,25,26);1H. The number of methoxy groups -OCH3 is 2. The van der Waals surface area contributed by atoms with Crippen LogP contribution < -0.4 is 20.1 Å². The highest BCUT2D eigenvalue weighted by atomic mass is 127. The van der Waals surface area contributed by atoms with Gasteiger partial charge in [0.1, 0.15) is 11.5 Å². The quantitative estimate of drug-likeness (QED) is 0.250. The van der Waals surface area contributed by atoms with Crippen LogP contribution in [0.4, 0.5) is 0 Å². The van der Waals surface area contributed by atoms with E-state index in [0.29, 0.717) is 41.7 Å². The second-order valence-electron chi connectivity index (χ2n) is 7.13. The molecule has 0 bridgehead atoms. The number of hydrogen-bond donors (Lipinski definition) is 3. The molecule has 32 heavy (non-hydrogen) atoms. The van der Waals surface area contributed by atoms with Crippen molar-refractivity contribution < 1.29 is 19.4 Å².